The van der Waals surface area contributed by atoms with Crippen molar-refractivity contribution < 1.29 is 4.74 Å². The van der Waals surface area contributed by atoms with Crippen molar-refractivity contribution in [3.05, 3.63) is 35.4 Å². The molecule has 1 aromatic rings. The van der Waals surface area contributed by atoms with Gasteiger partial charge in [-0.15, -0.1) is 0 Å². The Balaban J connectivity index is 1.68. The van der Waals surface area contributed by atoms with Crippen molar-refractivity contribution in [2.45, 2.75) is 58.0 Å². The first-order chi connectivity index (χ1) is 12.7. The first kappa shape index (κ1) is 18.7. The molecule has 1 aliphatic heterocycles. The fourth-order valence-electron chi connectivity index (χ4n) is 3.25. The quantitative estimate of drug-likeness (QED) is 0.378. The Kier molecular flexibility index (Phi) is 6.46. The third-order valence-electron chi connectivity index (χ3n) is 5.11. The van der Waals surface area contributed by atoms with Crippen LogP contribution in [0.2, 0.25) is 0 Å². The Morgan fingerprint density at radius 1 is 1.31 bits per heavy atom. The minimum atomic E-state index is 0.0821. The molecular weight excluding hydrogens is 322 g/mol. The van der Waals surface area contributed by atoms with Crippen molar-refractivity contribution in [1.29, 1.82) is 0 Å². The van der Waals surface area contributed by atoms with Crippen LogP contribution >= 0.6 is 0 Å². The van der Waals surface area contributed by atoms with E-state index in [0.717, 1.165) is 36.4 Å². The third kappa shape index (κ3) is 5.19. The Bertz CT molecular complexity index is 731. The molecule has 4 nitrogen and oxygen atoms in total. The van der Waals surface area contributed by atoms with Gasteiger partial charge < -0.3 is 10.6 Å². The number of nitrogens with zero attached hydrogens (tertiary/aromatic N) is 2. The number of hydrogen-bond acceptors (Lipinski definition) is 4. The zero-order valence-corrected chi connectivity index (χ0v) is 15.9. The van der Waals surface area contributed by atoms with Crippen LogP contribution in [0.3, 0.4) is 0 Å². The van der Waals surface area contributed by atoms with Crippen LogP contribution in [0.1, 0.15) is 63.0 Å². The van der Waals surface area contributed by atoms with Gasteiger partial charge in [0.15, 0.2) is 0 Å². The summed E-state index contributed by atoms with van der Waals surface area (Å²) in [5, 5.41) is 4.05. The van der Waals surface area contributed by atoms with E-state index in [9.17, 15) is 0 Å². The molecule has 2 N–H and O–H groups in total. The third-order valence-corrected chi connectivity index (χ3v) is 5.11. The van der Waals surface area contributed by atoms with Crippen molar-refractivity contribution in [2.75, 3.05) is 13.2 Å². The largest absolute Gasteiger partial charge is 0.376 e. The highest BCUT2D eigenvalue weighted by Gasteiger charge is 2.19. The van der Waals surface area contributed by atoms with Crippen LogP contribution in [0.25, 0.3) is 0 Å². The summed E-state index contributed by atoms with van der Waals surface area (Å²) in [5.41, 5.74) is 3.94. The maximum absolute atomic E-state index is 5.76. The van der Waals surface area contributed by atoms with E-state index in [-0.39, 0.29) is 12.0 Å². The average molecular weight is 351 g/mol. The molecule has 2 atom stereocenters. The summed E-state index contributed by atoms with van der Waals surface area (Å²) >= 11 is 0. The molecule has 0 spiro atoms. The number of benzene rings is 1. The summed E-state index contributed by atoms with van der Waals surface area (Å²) in [6.07, 6.45) is 6.19. The molecule has 1 aromatic carbocycles. The number of nitrogens with two attached hydrogens (primary N) is 1. The Hall–Kier alpha value is -2.12. The second-order valence-electron chi connectivity index (χ2n) is 7.32. The maximum atomic E-state index is 5.76. The molecule has 138 valence electrons. The molecule has 1 heterocycles. The van der Waals surface area contributed by atoms with Crippen LogP contribution in [-0.4, -0.2) is 30.7 Å². The summed E-state index contributed by atoms with van der Waals surface area (Å²) in [4.78, 5) is 4.71. The summed E-state index contributed by atoms with van der Waals surface area (Å²) in [5.74, 6) is 13.0. The standard InChI is InChI=1S/C22H29N3O/c1-16(20-7-5-6-19(14-20)12-11-18-9-10-18)22(25-23)17(2)24-15-21-8-3-4-13-26-21/h5-7,14,16,18,21H,3-4,8-10,13,15,23H2,1-2H3/b24-17?,25-22-. The van der Waals surface area contributed by atoms with Gasteiger partial charge in [0.2, 0.25) is 0 Å². The Labute approximate surface area is 156 Å². The van der Waals surface area contributed by atoms with Crippen LogP contribution in [0.4, 0.5) is 0 Å². The zero-order chi connectivity index (χ0) is 18.4. The highest BCUT2D eigenvalue weighted by Crippen LogP contribution is 2.27. The van der Waals surface area contributed by atoms with E-state index in [0.29, 0.717) is 12.5 Å². The van der Waals surface area contributed by atoms with Gasteiger partial charge in [-0.2, -0.15) is 5.10 Å². The predicted molar refractivity (Wildman–Crippen MR) is 108 cm³/mol. The monoisotopic (exact) mass is 351 g/mol. The van der Waals surface area contributed by atoms with E-state index in [2.05, 4.69) is 48.1 Å². The van der Waals surface area contributed by atoms with Crippen molar-refractivity contribution in [2.24, 2.45) is 21.9 Å². The highest BCUT2D eigenvalue weighted by molar-refractivity contribution is 6.43. The molecule has 4 heteroatoms. The lowest BCUT2D eigenvalue weighted by molar-refractivity contribution is 0.0225. The van der Waals surface area contributed by atoms with E-state index >= 15 is 0 Å². The summed E-state index contributed by atoms with van der Waals surface area (Å²) < 4.78 is 5.76. The molecule has 1 saturated heterocycles. The number of hydrazone groups is 1. The SMILES string of the molecule is CC(=NCC1CCCCO1)/C(=N\N)C(C)c1cccc(C#CC2CC2)c1. The molecule has 2 unspecified atom stereocenters. The fourth-order valence-corrected chi connectivity index (χ4v) is 3.25. The van der Waals surface area contributed by atoms with E-state index in [1.54, 1.807) is 0 Å². The molecule has 2 fully saturated rings. The van der Waals surface area contributed by atoms with Gasteiger partial charge in [-0.25, -0.2) is 0 Å². The molecule has 1 aliphatic carbocycles. The van der Waals surface area contributed by atoms with Gasteiger partial charge in [-0.05, 0) is 56.7 Å². The van der Waals surface area contributed by atoms with E-state index < -0.39 is 0 Å². The van der Waals surface area contributed by atoms with Crippen LogP contribution < -0.4 is 5.84 Å². The van der Waals surface area contributed by atoms with Crippen LogP contribution in [0.5, 0.6) is 0 Å². The molecule has 1 saturated carbocycles. The molecule has 2 aliphatic rings. The smallest absolute Gasteiger partial charge is 0.0879 e. The van der Waals surface area contributed by atoms with Crippen LogP contribution in [-0.2, 0) is 4.74 Å². The molecular formula is C22H29N3O. The van der Waals surface area contributed by atoms with Crippen LogP contribution in [0, 0.1) is 17.8 Å². The van der Waals surface area contributed by atoms with E-state index in [1.807, 2.05) is 6.92 Å². The zero-order valence-electron chi connectivity index (χ0n) is 15.9. The molecule has 26 heavy (non-hydrogen) atoms. The van der Waals surface area contributed by atoms with Gasteiger partial charge in [-0.3, -0.25) is 4.99 Å². The lowest BCUT2D eigenvalue weighted by atomic mass is 9.92. The molecule has 3 rings (SSSR count). The summed E-state index contributed by atoms with van der Waals surface area (Å²) in [6.45, 7) is 5.64. The minimum Gasteiger partial charge on any atom is -0.376 e. The lowest BCUT2D eigenvalue weighted by Gasteiger charge is -2.21. The highest BCUT2D eigenvalue weighted by atomic mass is 16.5. The normalized spacial score (nSPS) is 22.5. The number of rotatable bonds is 5. The summed E-state index contributed by atoms with van der Waals surface area (Å²) in [6, 6.07) is 8.36. The molecule has 0 radical (unpaired) electrons. The Morgan fingerprint density at radius 3 is 2.85 bits per heavy atom. The number of hydrogen-bond donors (Lipinski definition) is 1. The molecule has 0 amide bonds. The van der Waals surface area contributed by atoms with Gasteiger partial charge >= 0.3 is 0 Å². The first-order valence-electron chi connectivity index (χ1n) is 9.69. The first-order valence-corrected chi connectivity index (χ1v) is 9.69. The minimum absolute atomic E-state index is 0.0821. The Morgan fingerprint density at radius 2 is 2.15 bits per heavy atom. The van der Waals surface area contributed by atoms with Gasteiger partial charge in [0.05, 0.1) is 24.1 Å². The molecule has 0 aromatic heterocycles. The van der Waals surface area contributed by atoms with Crippen molar-refractivity contribution in [1.82, 2.24) is 0 Å². The summed E-state index contributed by atoms with van der Waals surface area (Å²) in [7, 11) is 0. The van der Waals surface area contributed by atoms with Crippen molar-refractivity contribution in [3.8, 4) is 11.8 Å². The topological polar surface area (TPSA) is 60.0 Å². The number of ether oxygens (including phenoxy) is 1. The predicted octanol–water partition coefficient (Wildman–Crippen LogP) is 3.90. The van der Waals surface area contributed by atoms with Gasteiger partial charge in [-0.1, -0.05) is 30.9 Å². The van der Waals surface area contributed by atoms with E-state index in [1.165, 1.54) is 24.8 Å². The van der Waals surface area contributed by atoms with Crippen LogP contribution in [0.15, 0.2) is 34.4 Å². The average Bonchev–Trinajstić information content (AvgIpc) is 3.51. The number of aliphatic imine (C=N–C) groups is 1. The van der Waals surface area contributed by atoms with Crippen molar-refractivity contribution >= 4 is 11.4 Å². The fraction of sp³-hybridized carbons (Fsp3) is 0.545. The maximum Gasteiger partial charge on any atom is 0.0879 e. The second-order valence-corrected chi connectivity index (χ2v) is 7.32. The van der Waals surface area contributed by atoms with Gasteiger partial charge in [0.25, 0.3) is 0 Å². The molecule has 0 bridgehead atoms. The second kappa shape index (κ2) is 9.00. The lowest BCUT2D eigenvalue weighted by Crippen LogP contribution is -2.25. The van der Waals surface area contributed by atoms with Gasteiger partial charge in [0.1, 0.15) is 0 Å². The van der Waals surface area contributed by atoms with E-state index in [4.69, 9.17) is 15.6 Å². The van der Waals surface area contributed by atoms with Crippen molar-refractivity contribution in [3.63, 3.8) is 0 Å². The van der Waals surface area contributed by atoms with Gasteiger partial charge in [0, 0.05) is 24.0 Å².